The van der Waals surface area contributed by atoms with Crippen molar-refractivity contribution in [1.82, 2.24) is 20.1 Å². The van der Waals surface area contributed by atoms with Crippen molar-refractivity contribution in [2.75, 3.05) is 13.1 Å². The zero-order valence-electron chi connectivity index (χ0n) is 11.6. The van der Waals surface area contributed by atoms with Crippen molar-refractivity contribution >= 4 is 0 Å². The summed E-state index contributed by atoms with van der Waals surface area (Å²) in [5.41, 5.74) is 3.72. The van der Waals surface area contributed by atoms with E-state index in [2.05, 4.69) is 52.1 Å². The Balaban J connectivity index is 1.98. The second-order valence-corrected chi connectivity index (χ2v) is 5.45. The molecule has 1 aromatic heterocycles. The maximum Gasteiger partial charge on any atom is 0.141 e. The molecule has 100 valence electrons. The molecule has 4 nitrogen and oxygen atoms in total. The smallest absolute Gasteiger partial charge is 0.141 e. The van der Waals surface area contributed by atoms with Crippen LogP contribution in [0.25, 0.3) is 5.69 Å². The monoisotopic (exact) mass is 256 g/mol. The molecule has 1 aliphatic heterocycles. The topological polar surface area (TPSA) is 42.7 Å². The van der Waals surface area contributed by atoms with E-state index < -0.39 is 0 Å². The molecule has 19 heavy (non-hydrogen) atoms. The SMILES string of the molecule is Cc1cc(C)cc(-n2cnnc2C2CCCNC2)c1. The van der Waals surface area contributed by atoms with Crippen molar-refractivity contribution in [2.45, 2.75) is 32.6 Å². The minimum atomic E-state index is 0.470. The lowest BCUT2D eigenvalue weighted by molar-refractivity contribution is 0.442. The van der Waals surface area contributed by atoms with E-state index in [0.29, 0.717) is 5.92 Å². The van der Waals surface area contributed by atoms with Gasteiger partial charge in [0.2, 0.25) is 0 Å². The van der Waals surface area contributed by atoms with Gasteiger partial charge in [-0.05, 0) is 56.5 Å². The highest BCUT2D eigenvalue weighted by Crippen LogP contribution is 2.24. The number of benzene rings is 1. The molecule has 0 spiro atoms. The van der Waals surface area contributed by atoms with Crippen LogP contribution in [-0.4, -0.2) is 27.9 Å². The van der Waals surface area contributed by atoms with E-state index in [1.807, 2.05) is 6.33 Å². The van der Waals surface area contributed by atoms with Crippen molar-refractivity contribution in [3.8, 4) is 5.69 Å². The van der Waals surface area contributed by atoms with Gasteiger partial charge in [0.1, 0.15) is 12.2 Å². The van der Waals surface area contributed by atoms with Gasteiger partial charge in [0.05, 0.1) is 0 Å². The number of aromatic nitrogens is 3. The van der Waals surface area contributed by atoms with Gasteiger partial charge in [-0.25, -0.2) is 0 Å². The van der Waals surface area contributed by atoms with Crippen LogP contribution in [0.1, 0.15) is 35.7 Å². The van der Waals surface area contributed by atoms with Gasteiger partial charge in [-0.2, -0.15) is 0 Å². The first-order chi connectivity index (χ1) is 9.24. The lowest BCUT2D eigenvalue weighted by Crippen LogP contribution is -2.29. The summed E-state index contributed by atoms with van der Waals surface area (Å²) in [6.07, 6.45) is 4.24. The Kier molecular flexibility index (Phi) is 3.34. The number of piperidine rings is 1. The number of hydrogen-bond donors (Lipinski definition) is 1. The Bertz CT molecular complexity index is 547. The zero-order chi connectivity index (χ0) is 13.2. The molecule has 1 unspecified atom stereocenters. The highest BCUT2D eigenvalue weighted by atomic mass is 15.3. The summed E-state index contributed by atoms with van der Waals surface area (Å²) in [4.78, 5) is 0. The maximum absolute atomic E-state index is 4.35. The molecule has 0 saturated carbocycles. The molecule has 0 aliphatic carbocycles. The van der Waals surface area contributed by atoms with Crippen LogP contribution in [0.4, 0.5) is 0 Å². The van der Waals surface area contributed by atoms with Crippen molar-refractivity contribution in [3.63, 3.8) is 0 Å². The zero-order valence-corrected chi connectivity index (χ0v) is 11.6. The van der Waals surface area contributed by atoms with Crippen molar-refractivity contribution in [2.24, 2.45) is 0 Å². The summed E-state index contributed by atoms with van der Waals surface area (Å²) in [6.45, 7) is 6.38. The fourth-order valence-electron chi connectivity index (χ4n) is 2.88. The van der Waals surface area contributed by atoms with Crippen LogP contribution in [0.3, 0.4) is 0 Å². The number of rotatable bonds is 2. The second kappa shape index (κ2) is 5.13. The molecule has 1 atom stereocenters. The number of nitrogens with zero attached hydrogens (tertiary/aromatic N) is 3. The predicted molar refractivity (Wildman–Crippen MR) is 75.7 cm³/mol. The normalized spacial score (nSPS) is 19.6. The fourth-order valence-corrected chi connectivity index (χ4v) is 2.88. The molecule has 2 heterocycles. The van der Waals surface area contributed by atoms with Crippen LogP contribution >= 0.6 is 0 Å². The number of nitrogens with one attached hydrogen (secondary N) is 1. The van der Waals surface area contributed by atoms with Crippen molar-refractivity contribution in [1.29, 1.82) is 0 Å². The Morgan fingerprint density at radius 1 is 1.21 bits per heavy atom. The summed E-state index contributed by atoms with van der Waals surface area (Å²) >= 11 is 0. The Hall–Kier alpha value is -1.68. The van der Waals surface area contributed by atoms with Crippen molar-refractivity contribution in [3.05, 3.63) is 41.5 Å². The summed E-state index contributed by atoms with van der Waals surface area (Å²) in [6, 6.07) is 6.57. The van der Waals surface area contributed by atoms with Gasteiger partial charge in [-0.1, -0.05) is 6.07 Å². The number of aryl methyl sites for hydroxylation is 2. The van der Waals surface area contributed by atoms with Crippen LogP contribution in [0.5, 0.6) is 0 Å². The molecular weight excluding hydrogens is 236 g/mol. The van der Waals surface area contributed by atoms with Gasteiger partial charge in [-0.3, -0.25) is 4.57 Å². The molecule has 2 aromatic rings. The molecule has 1 aromatic carbocycles. The van der Waals surface area contributed by atoms with Crippen LogP contribution in [-0.2, 0) is 0 Å². The highest BCUT2D eigenvalue weighted by Gasteiger charge is 2.21. The molecule has 3 rings (SSSR count). The first kappa shape index (κ1) is 12.4. The van der Waals surface area contributed by atoms with Gasteiger partial charge in [0, 0.05) is 18.2 Å². The molecular formula is C15H20N4. The molecule has 1 saturated heterocycles. The molecule has 0 amide bonds. The lowest BCUT2D eigenvalue weighted by atomic mass is 9.98. The standard InChI is InChI=1S/C15H20N4/c1-11-6-12(2)8-14(7-11)19-10-17-18-15(19)13-4-3-5-16-9-13/h6-8,10,13,16H,3-5,9H2,1-2H3. The fraction of sp³-hybridized carbons (Fsp3) is 0.467. The Labute approximate surface area is 113 Å². The Morgan fingerprint density at radius 3 is 2.68 bits per heavy atom. The average Bonchev–Trinajstić information content (AvgIpc) is 2.88. The summed E-state index contributed by atoms with van der Waals surface area (Å²) < 4.78 is 2.14. The second-order valence-electron chi connectivity index (χ2n) is 5.45. The third kappa shape index (κ3) is 2.54. The highest BCUT2D eigenvalue weighted by molar-refractivity contribution is 5.40. The molecule has 1 aliphatic rings. The largest absolute Gasteiger partial charge is 0.316 e. The molecule has 1 N–H and O–H groups in total. The van der Waals surface area contributed by atoms with E-state index in [0.717, 1.165) is 18.9 Å². The van der Waals surface area contributed by atoms with E-state index in [1.165, 1.54) is 29.7 Å². The summed E-state index contributed by atoms with van der Waals surface area (Å²) in [5.74, 6) is 1.55. The molecule has 0 bridgehead atoms. The predicted octanol–water partition coefficient (Wildman–Crippen LogP) is 2.35. The third-order valence-electron chi connectivity index (χ3n) is 3.72. The Morgan fingerprint density at radius 2 is 2.00 bits per heavy atom. The van der Waals surface area contributed by atoms with Gasteiger partial charge in [0.25, 0.3) is 0 Å². The first-order valence-corrected chi connectivity index (χ1v) is 6.93. The van der Waals surface area contributed by atoms with Crippen LogP contribution in [0.2, 0.25) is 0 Å². The van der Waals surface area contributed by atoms with Crippen LogP contribution < -0.4 is 5.32 Å². The third-order valence-corrected chi connectivity index (χ3v) is 3.72. The minimum Gasteiger partial charge on any atom is -0.316 e. The number of hydrogen-bond acceptors (Lipinski definition) is 3. The molecule has 1 fully saturated rings. The quantitative estimate of drug-likeness (QED) is 0.897. The summed E-state index contributed by atoms with van der Waals surface area (Å²) in [5, 5.41) is 11.9. The van der Waals surface area contributed by atoms with Crippen LogP contribution in [0.15, 0.2) is 24.5 Å². The van der Waals surface area contributed by atoms with E-state index in [-0.39, 0.29) is 0 Å². The van der Waals surface area contributed by atoms with Gasteiger partial charge >= 0.3 is 0 Å². The van der Waals surface area contributed by atoms with E-state index >= 15 is 0 Å². The molecule has 4 heteroatoms. The first-order valence-electron chi connectivity index (χ1n) is 6.93. The maximum atomic E-state index is 4.35. The van der Waals surface area contributed by atoms with E-state index in [1.54, 1.807) is 0 Å². The van der Waals surface area contributed by atoms with Gasteiger partial charge < -0.3 is 5.32 Å². The van der Waals surface area contributed by atoms with Crippen LogP contribution in [0, 0.1) is 13.8 Å². The van der Waals surface area contributed by atoms with Gasteiger partial charge in [-0.15, -0.1) is 10.2 Å². The van der Waals surface area contributed by atoms with Gasteiger partial charge in [0.15, 0.2) is 0 Å². The van der Waals surface area contributed by atoms with E-state index in [9.17, 15) is 0 Å². The molecule has 0 radical (unpaired) electrons. The average molecular weight is 256 g/mol. The summed E-state index contributed by atoms with van der Waals surface area (Å²) in [7, 11) is 0. The minimum absolute atomic E-state index is 0.470. The lowest BCUT2D eigenvalue weighted by Gasteiger charge is -2.22. The van der Waals surface area contributed by atoms with E-state index in [4.69, 9.17) is 0 Å². The van der Waals surface area contributed by atoms with Crippen molar-refractivity contribution < 1.29 is 0 Å².